The second-order valence-electron chi connectivity index (χ2n) is 25.8. The van der Waals surface area contributed by atoms with Crippen molar-refractivity contribution in [2.45, 2.75) is 235 Å². The number of aliphatic hydroxyl groups excluding tert-OH is 14. The summed E-state index contributed by atoms with van der Waals surface area (Å²) < 4.78 is 48.4. The fourth-order valence-corrected chi connectivity index (χ4v) is 16.4. The Morgan fingerprint density at radius 2 is 1.26 bits per heavy atom. The normalized spacial score (nSPS) is 56.9. The summed E-state index contributed by atoms with van der Waals surface area (Å²) in [7, 11) is 0. The van der Waals surface area contributed by atoms with Gasteiger partial charge in [-0.1, -0.05) is 53.2 Å². The van der Waals surface area contributed by atoms with Gasteiger partial charge >= 0.3 is 5.97 Å². The predicted molar refractivity (Wildman–Crippen MR) is 260 cm³/mol. The minimum absolute atomic E-state index is 0.0545. The van der Waals surface area contributed by atoms with Gasteiger partial charge in [0.1, 0.15) is 79.4 Å². The highest BCUT2D eigenvalue weighted by Crippen LogP contribution is 2.76. The van der Waals surface area contributed by atoms with Crippen molar-refractivity contribution in [1.82, 2.24) is 0 Å². The van der Waals surface area contributed by atoms with E-state index in [4.69, 9.17) is 37.9 Å². The number of aliphatic carboxylic acids is 1. The zero-order valence-electron chi connectivity index (χ0n) is 44.9. The highest BCUT2D eigenvalue weighted by atomic mass is 16.8. The van der Waals surface area contributed by atoms with Crippen LogP contribution >= 0.6 is 0 Å². The maximum absolute atomic E-state index is 12.6. The van der Waals surface area contributed by atoms with Gasteiger partial charge in [0.05, 0.1) is 50.8 Å². The monoisotopic (exact) mass is 1110 g/mol. The molecule has 24 heteroatoms. The number of carboxylic acid groups (broad SMARTS) is 1. The number of hydrogen-bond donors (Lipinski definition) is 15. The number of fused-ring (bicyclic) bond motifs is 7. The Morgan fingerprint density at radius 1 is 0.623 bits per heavy atom. The van der Waals surface area contributed by atoms with Gasteiger partial charge in [-0.3, -0.25) is 0 Å². The number of carboxylic acids is 1. The summed E-state index contributed by atoms with van der Waals surface area (Å²) in [6.45, 7) is 12.2. The van der Waals surface area contributed by atoms with E-state index in [9.17, 15) is 81.4 Å². The molecule has 9 rings (SSSR count). The Hall–Kier alpha value is -1.67. The summed E-state index contributed by atoms with van der Waals surface area (Å²) in [6, 6.07) is 0. The van der Waals surface area contributed by atoms with Gasteiger partial charge in [-0.05, 0) is 92.3 Å². The number of hydrogen-bond acceptors (Lipinski definition) is 23. The first-order valence-electron chi connectivity index (χ1n) is 27.5. The molecule has 0 aromatic carbocycles. The molecule has 0 aromatic heterocycles. The first kappa shape index (κ1) is 59.9. The van der Waals surface area contributed by atoms with Crippen LogP contribution in [0.15, 0.2) is 11.6 Å². The van der Waals surface area contributed by atoms with Crippen LogP contribution in [-0.4, -0.2) is 244 Å². The molecule has 0 unspecified atom stereocenters. The minimum atomic E-state index is -2.12. The summed E-state index contributed by atoms with van der Waals surface area (Å²) >= 11 is 0. The molecule has 4 saturated carbocycles. The second-order valence-corrected chi connectivity index (χ2v) is 25.8. The number of ether oxygens (including phenoxy) is 8. The van der Waals surface area contributed by atoms with Crippen LogP contribution in [0.3, 0.4) is 0 Å². The summed E-state index contributed by atoms with van der Waals surface area (Å²) in [6.07, 6.45) is -28.9. The molecule has 4 saturated heterocycles. The van der Waals surface area contributed by atoms with Crippen molar-refractivity contribution in [1.29, 1.82) is 0 Å². The first-order chi connectivity index (χ1) is 36.0. The van der Waals surface area contributed by atoms with E-state index in [0.717, 1.165) is 0 Å². The van der Waals surface area contributed by atoms with Crippen molar-refractivity contribution < 1.29 is 119 Å². The van der Waals surface area contributed by atoms with Crippen LogP contribution in [0.5, 0.6) is 0 Å². The van der Waals surface area contributed by atoms with E-state index in [1.54, 1.807) is 0 Å². The molecule has 31 atom stereocenters. The lowest BCUT2D eigenvalue weighted by Gasteiger charge is -2.72. The molecule has 0 aromatic rings. The minimum Gasteiger partial charge on any atom is -0.479 e. The van der Waals surface area contributed by atoms with E-state index >= 15 is 0 Å². The lowest BCUT2D eigenvalue weighted by atomic mass is 9.33. The van der Waals surface area contributed by atoms with E-state index in [-0.39, 0.29) is 36.4 Å². The van der Waals surface area contributed by atoms with Crippen LogP contribution in [-0.2, 0) is 42.7 Å². The Morgan fingerprint density at radius 3 is 1.90 bits per heavy atom. The third-order valence-corrected chi connectivity index (χ3v) is 21.7. The molecular formula is C53H86O24. The molecule has 24 nitrogen and oxygen atoms in total. The van der Waals surface area contributed by atoms with Crippen LogP contribution in [0.2, 0.25) is 0 Å². The molecule has 9 aliphatic rings. The van der Waals surface area contributed by atoms with Gasteiger partial charge in [0.25, 0.3) is 0 Å². The van der Waals surface area contributed by atoms with Crippen molar-refractivity contribution in [3.8, 4) is 0 Å². The molecule has 77 heavy (non-hydrogen) atoms. The lowest BCUT2D eigenvalue weighted by molar-refractivity contribution is -0.396. The maximum Gasteiger partial charge on any atom is 0.335 e. The summed E-state index contributed by atoms with van der Waals surface area (Å²) in [5.41, 5.74) is -2.72. The third-order valence-electron chi connectivity index (χ3n) is 21.7. The maximum atomic E-state index is 12.6. The summed E-state index contributed by atoms with van der Waals surface area (Å²) in [4.78, 5) is 12.6. The fourth-order valence-electron chi connectivity index (χ4n) is 16.4. The van der Waals surface area contributed by atoms with E-state index in [1.165, 1.54) is 12.5 Å². The Bertz CT molecular complexity index is 2140. The number of allylic oxidation sites excluding steroid dienone is 2. The van der Waals surface area contributed by atoms with Crippen molar-refractivity contribution in [2.75, 3.05) is 26.4 Å². The van der Waals surface area contributed by atoms with E-state index in [1.807, 2.05) is 13.8 Å². The standard InChI is InChI=1S/C53H86O24/c1-21-29(58)32(61)37(66)45(71-21)75-39-33(62)31(60)25(17-54)72-46(39)76-40-35(64)34(63)38(43(68)69)74-47(40)73-28-11-12-50(4)26(51(28,5)20-56)10-13-53(7)27(50)9-8-22-23-16-48(2,19-55)41(67)42(49(23,3)14-15-52(22,53)6)77-44-36(65)30(59)24(57)18-70-44/h8,21,23-42,44-47,54-67H,9-20H2,1-7H3,(H,68,69)/t21-,23-,24-,25+,26+,27+,28-,29-,30-,31+,32+,33-,34-,35-,36+,37+,38-,39+,40+,41+,42+,44-,45-,46-,47+,48+,49+,50-,51+,52+,53+/m0/s1. The van der Waals surface area contributed by atoms with Crippen LogP contribution < -0.4 is 0 Å². The molecule has 15 N–H and O–H groups in total. The molecule has 4 heterocycles. The van der Waals surface area contributed by atoms with Crippen molar-refractivity contribution in [3.63, 3.8) is 0 Å². The SMILES string of the molecule is C[C@@H]1O[C@@H](O[C@H]2[C@H](O[C@H]3[C@H](O[C@H]4CC[C@@]5(C)[C@@H](CC[C@]6(C)[C@@H]5CC=C5[C@@H]7C[C@](C)(CO)[C@H](O)[C@@H](O[C@@H]8OC[C@H](O)[C@H](O)[C@H]8O)[C@]7(C)CC[C@]56C)[C@@]4(C)CO)O[C@H](C(=O)O)[C@@H](O)[C@@H]3O)O[C@H](CO)[C@@H](O)[C@@H]2O)[C@H](O)[C@H](O)[C@H]1O. The Labute approximate surface area is 447 Å². The third kappa shape index (κ3) is 9.41. The van der Waals surface area contributed by atoms with Gasteiger partial charge in [0.15, 0.2) is 31.3 Å². The highest BCUT2D eigenvalue weighted by molar-refractivity contribution is 5.73. The summed E-state index contributed by atoms with van der Waals surface area (Å²) in [5.74, 6) is -1.99. The molecule has 0 bridgehead atoms. The number of rotatable bonds is 12. The Balaban J connectivity index is 0.990. The van der Waals surface area contributed by atoms with Gasteiger partial charge in [-0.15, -0.1) is 0 Å². The van der Waals surface area contributed by atoms with E-state index in [2.05, 4.69) is 33.8 Å². The average Bonchev–Trinajstić information content (AvgIpc) is 3.54. The van der Waals surface area contributed by atoms with Crippen molar-refractivity contribution in [2.24, 2.45) is 50.2 Å². The van der Waals surface area contributed by atoms with Crippen LogP contribution in [0.4, 0.5) is 0 Å². The summed E-state index contributed by atoms with van der Waals surface area (Å²) in [5, 5.41) is 164. The van der Waals surface area contributed by atoms with Crippen molar-refractivity contribution >= 4 is 5.97 Å². The number of carbonyl (C=O) groups is 1. The molecule has 5 aliphatic carbocycles. The predicted octanol–water partition coefficient (Wildman–Crippen LogP) is -2.89. The second kappa shape index (κ2) is 21.5. The molecule has 0 spiro atoms. The quantitative estimate of drug-likeness (QED) is 0.0689. The average molecular weight is 1110 g/mol. The van der Waals surface area contributed by atoms with E-state index in [0.29, 0.717) is 51.4 Å². The molecule has 0 radical (unpaired) electrons. The van der Waals surface area contributed by atoms with E-state index < -0.39 is 181 Å². The highest BCUT2D eigenvalue weighted by Gasteiger charge is 2.71. The lowest BCUT2D eigenvalue weighted by Crippen LogP contribution is -2.69. The van der Waals surface area contributed by atoms with Crippen molar-refractivity contribution in [3.05, 3.63) is 11.6 Å². The van der Waals surface area contributed by atoms with Gasteiger partial charge < -0.3 is 114 Å². The largest absolute Gasteiger partial charge is 0.479 e. The van der Waals surface area contributed by atoms with Gasteiger partial charge in [-0.25, -0.2) is 4.79 Å². The smallest absolute Gasteiger partial charge is 0.335 e. The van der Waals surface area contributed by atoms with Crippen LogP contribution in [0.1, 0.15) is 99.8 Å². The molecule has 442 valence electrons. The molecule has 0 amide bonds. The van der Waals surface area contributed by atoms with Crippen LogP contribution in [0, 0.1) is 50.2 Å². The zero-order valence-corrected chi connectivity index (χ0v) is 44.9. The van der Waals surface area contributed by atoms with Gasteiger partial charge in [-0.2, -0.15) is 0 Å². The van der Waals surface area contributed by atoms with Gasteiger partial charge in [0.2, 0.25) is 0 Å². The zero-order chi connectivity index (χ0) is 56.4. The topological polar surface area (TPSA) is 394 Å². The Kier molecular flexibility index (Phi) is 16.7. The van der Waals surface area contributed by atoms with Gasteiger partial charge in [0, 0.05) is 16.2 Å². The van der Waals surface area contributed by atoms with Crippen LogP contribution in [0.25, 0.3) is 0 Å². The fraction of sp³-hybridized carbons (Fsp3) is 0.943. The first-order valence-corrected chi connectivity index (χ1v) is 27.5. The number of aliphatic hydroxyl groups is 14. The molecular weight excluding hydrogens is 1020 g/mol. The molecule has 4 aliphatic heterocycles. The molecule has 8 fully saturated rings.